The number of nitrogens with one attached hydrogen (secondary N) is 2. The molecule has 0 saturated heterocycles. The highest BCUT2D eigenvalue weighted by atomic mass is 32.2. The zero-order chi connectivity index (χ0) is 13.8. The van der Waals surface area contributed by atoms with Crippen molar-refractivity contribution in [1.29, 1.82) is 0 Å². The molecule has 0 aliphatic carbocycles. The third kappa shape index (κ3) is 3.36. The molecule has 0 saturated carbocycles. The van der Waals surface area contributed by atoms with E-state index in [0.717, 1.165) is 10.6 Å². The third-order valence-corrected chi connectivity index (χ3v) is 3.71. The molecule has 0 fully saturated rings. The molecular weight excluding hydrogens is 262 g/mol. The lowest BCUT2D eigenvalue weighted by Crippen LogP contribution is -2.35. The lowest BCUT2D eigenvalue weighted by Gasteiger charge is -2.18. The molecule has 0 aromatic heterocycles. The summed E-state index contributed by atoms with van der Waals surface area (Å²) < 4.78 is 0. The van der Waals surface area contributed by atoms with Crippen LogP contribution in [0.15, 0.2) is 35.7 Å². The maximum absolute atomic E-state index is 11.8. The molecule has 1 heterocycles. The molecule has 0 spiro atoms. The second kappa shape index (κ2) is 5.90. The summed E-state index contributed by atoms with van der Waals surface area (Å²) in [5, 5.41) is 5.49. The van der Waals surface area contributed by atoms with Crippen LogP contribution in [0, 0.1) is 0 Å². The van der Waals surface area contributed by atoms with Gasteiger partial charge in [0.2, 0.25) is 11.8 Å². The van der Waals surface area contributed by atoms with Gasteiger partial charge in [-0.1, -0.05) is 6.08 Å². The van der Waals surface area contributed by atoms with Crippen LogP contribution in [0.2, 0.25) is 0 Å². The van der Waals surface area contributed by atoms with E-state index in [-0.39, 0.29) is 11.8 Å². The number of fused-ring (bicyclic) bond motifs is 1. The van der Waals surface area contributed by atoms with Crippen LogP contribution in [0.3, 0.4) is 0 Å². The summed E-state index contributed by atoms with van der Waals surface area (Å²) in [4.78, 5) is 24.1. The molecule has 100 valence electrons. The van der Waals surface area contributed by atoms with Crippen molar-refractivity contribution >= 4 is 35.0 Å². The summed E-state index contributed by atoms with van der Waals surface area (Å²) in [5.74, 6) is 0.113. The molecule has 1 aromatic rings. The average Bonchev–Trinajstić information content (AvgIpc) is 2.38. The van der Waals surface area contributed by atoms with E-state index in [1.807, 2.05) is 6.07 Å². The van der Waals surface area contributed by atoms with Gasteiger partial charge in [-0.25, -0.2) is 0 Å². The first-order valence-electron chi connectivity index (χ1n) is 5.84. The van der Waals surface area contributed by atoms with E-state index in [9.17, 15) is 9.59 Å². The fourth-order valence-corrected chi connectivity index (χ4v) is 2.47. The Balaban J connectivity index is 2.09. The molecular formula is C13H15N3O2S. The number of nitrogens with two attached hydrogens (primary N) is 1. The third-order valence-electron chi connectivity index (χ3n) is 2.64. The number of thioether (sulfide) groups is 1. The van der Waals surface area contributed by atoms with Crippen LogP contribution < -0.4 is 16.4 Å². The minimum atomic E-state index is -0.613. The largest absolute Gasteiger partial charge is 0.325 e. The van der Waals surface area contributed by atoms with Gasteiger partial charge >= 0.3 is 0 Å². The molecule has 0 radical (unpaired) electrons. The number of amides is 2. The van der Waals surface area contributed by atoms with Crippen molar-refractivity contribution in [1.82, 2.24) is 0 Å². The zero-order valence-electron chi connectivity index (χ0n) is 10.3. The highest BCUT2D eigenvalue weighted by molar-refractivity contribution is 8.00. The second-order valence-corrected chi connectivity index (χ2v) is 5.19. The predicted octanol–water partition coefficient (Wildman–Crippen LogP) is 1.57. The Kier molecular flexibility index (Phi) is 4.24. The number of hydrogen-bond acceptors (Lipinski definition) is 4. The molecule has 4 N–H and O–H groups in total. The molecule has 19 heavy (non-hydrogen) atoms. The van der Waals surface area contributed by atoms with Crippen molar-refractivity contribution in [2.75, 3.05) is 16.4 Å². The van der Waals surface area contributed by atoms with E-state index in [4.69, 9.17) is 5.73 Å². The molecule has 1 atom stereocenters. The summed E-state index contributed by atoms with van der Waals surface area (Å²) in [5.41, 5.74) is 7.01. The minimum absolute atomic E-state index is 0.0377. The monoisotopic (exact) mass is 277 g/mol. The molecule has 1 aliphatic rings. The number of carbonyl (C=O) groups is 2. The van der Waals surface area contributed by atoms with Crippen LogP contribution >= 0.6 is 11.8 Å². The normalized spacial score (nSPS) is 15.1. The minimum Gasteiger partial charge on any atom is -0.325 e. The van der Waals surface area contributed by atoms with Gasteiger partial charge in [-0.15, -0.1) is 18.3 Å². The SMILES string of the molecule is C=CCC(N)C(=O)Nc1ccc2c(c1)NC(=O)CS2. The van der Waals surface area contributed by atoms with Gasteiger partial charge in [0.05, 0.1) is 17.5 Å². The number of hydrogen-bond donors (Lipinski definition) is 3. The predicted molar refractivity (Wildman–Crippen MR) is 77.2 cm³/mol. The summed E-state index contributed by atoms with van der Waals surface area (Å²) >= 11 is 1.48. The Morgan fingerprint density at radius 1 is 1.63 bits per heavy atom. The van der Waals surface area contributed by atoms with Gasteiger partial charge in [0.25, 0.3) is 0 Å². The maximum atomic E-state index is 11.8. The quantitative estimate of drug-likeness (QED) is 0.729. The van der Waals surface area contributed by atoms with Crippen LogP contribution in [-0.2, 0) is 9.59 Å². The van der Waals surface area contributed by atoms with Crippen molar-refractivity contribution in [3.8, 4) is 0 Å². The standard InChI is InChI=1S/C13H15N3O2S/c1-2-3-9(14)13(18)15-8-4-5-11-10(6-8)16-12(17)7-19-11/h2,4-6,9H,1,3,7,14H2,(H,15,18)(H,16,17). The lowest BCUT2D eigenvalue weighted by molar-refractivity contribution is -0.117. The first kappa shape index (κ1) is 13.6. The fraction of sp³-hybridized carbons (Fsp3) is 0.231. The molecule has 5 nitrogen and oxygen atoms in total. The topological polar surface area (TPSA) is 84.2 Å². The van der Waals surface area contributed by atoms with Gasteiger partial charge in [-0.05, 0) is 24.6 Å². The Labute approximate surface area is 115 Å². The second-order valence-electron chi connectivity index (χ2n) is 4.17. The Morgan fingerprint density at radius 2 is 2.42 bits per heavy atom. The molecule has 2 rings (SSSR count). The van der Waals surface area contributed by atoms with Gasteiger partial charge in [0.1, 0.15) is 0 Å². The van der Waals surface area contributed by atoms with Crippen LogP contribution in [0.25, 0.3) is 0 Å². The molecule has 1 aromatic carbocycles. The maximum Gasteiger partial charge on any atom is 0.241 e. The van der Waals surface area contributed by atoms with Crippen molar-refractivity contribution in [2.45, 2.75) is 17.4 Å². The summed E-state index contributed by atoms with van der Waals surface area (Å²) in [6.45, 7) is 3.55. The van der Waals surface area contributed by atoms with Gasteiger partial charge in [0.15, 0.2) is 0 Å². The molecule has 0 bridgehead atoms. The highest BCUT2D eigenvalue weighted by Crippen LogP contribution is 2.33. The van der Waals surface area contributed by atoms with Crippen molar-refractivity contribution in [3.63, 3.8) is 0 Å². The first-order valence-corrected chi connectivity index (χ1v) is 6.82. The van der Waals surface area contributed by atoms with Crippen molar-refractivity contribution < 1.29 is 9.59 Å². The van der Waals surface area contributed by atoms with Crippen molar-refractivity contribution in [3.05, 3.63) is 30.9 Å². The Hall–Kier alpha value is -1.79. The van der Waals surface area contributed by atoms with Crippen LogP contribution in [0.1, 0.15) is 6.42 Å². The van der Waals surface area contributed by atoms with Crippen LogP contribution in [0.4, 0.5) is 11.4 Å². The first-order chi connectivity index (χ1) is 9.10. The fourth-order valence-electron chi connectivity index (χ4n) is 1.68. The Morgan fingerprint density at radius 3 is 3.16 bits per heavy atom. The molecule has 6 heteroatoms. The zero-order valence-corrected chi connectivity index (χ0v) is 11.1. The van der Waals surface area contributed by atoms with Crippen LogP contribution in [-0.4, -0.2) is 23.6 Å². The van der Waals surface area contributed by atoms with E-state index in [0.29, 0.717) is 17.9 Å². The number of rotatable bonds is 4. The smallest absolute Gasteiger partial charge is 0.241 e. The number of carbonyl (C=O) groups excluding carboxylic acids is 2. The lowest BCUT2D eigenvalue weighted by atomic mass is 10.2. The summed E-state index contributed by atoms with van der Waals surface area (Å²) in [6, 6.07) is 4.78. The molecule has 1 aliphatic heterocycles. The Bertz CT molecular complexity index is 531. The van der Waals surface area contributed by atoms with E-state index in [2.05, 4.69) is 17.2 Å². The van der Waals surface area contributed by atoms with Gasteiger partial charge in [0, 0.05) is 10.6 Å². The van der Waals surface area contributed by atoms with E-state index in [1.54, 1.807) is 18.2 Å². The molecule has 1 unspecified atom stereocenters. The average molecular weight is 277 g/mol. The number of anilines is 2. The van der Waals surface area contributed by atoms with E-state index < -0.39 is 6.04 Å². The summed E-state index contributed by atoms with van der Waals surface area (Å²) in [7, 11) is 0. The van der Waals surface area contributed by atoms with Gasteiger partial charge < -0.3 is 16.4 Å². The van der Waals surface area contributed by atoms with E-state index in [1.165, 1.54) is 11.8 Å². The number of benzene rings is 1. The summed E-state index contributed by atoms with van der Waals surface area (Å²) in [6.07, 6.45) is 2.03. The molecule has 2 amide bonds. The van der Waals surface area contributed by atoms with Crippen LogP contribution in [0.5, 0.6) is 0 Å². The van der Waals surface area contributed by atoms with Crippen molar-refractivity contribution in [2.24, 2.45) is 5.73 Å². The van der Waals surface area contributed by atoms with Gasteiger partial charge in [-0.3, -0.25) is 9.59 Å². The van der Waals surface area contributed by atoms with E-state index >= 15 is 0 Å². The highest BCUT2D eigenvalue weighted by Gasteiger charge is 2.17. The van der Waals surface area contributed by atoms with Gasteiger partial charge in [-0.2, -0.15) is 0 Å².